The highest BCUT2D eigenvalue weighted by atomic mass is 16.5. The number of fused-ring (bicyclic) bond motifs is 1. The number of nitrogens with one attached hydrogen (secondary N) is 1. The van der Waals surface area contributed by atoms with Gasteiger partial charge in [0.2, 0.25) is 0 Å². The van der Waals surface area contributed by atoms with E-state index >= 15 is 0 Å². The van der Waals surface area contributed by atoms with Crippen molar-refractivity contribution in [1.82, 2.24) is 4.98 Å². The molecule has 0 bridgehead atoms. The normalized spacial score (nSPS) is 10.5. The van der Waals surface area contributed by atoms with Crippen molar-refractivity contribution < 1.29 is 4.74 Å². The zero-order chi connectivity index (χ0) is 14.5. The maximum absolute atomic E-state index is 5.45. The van der Waals surface area contributed by atoms with Crippen molar-refractivity contribution >= 4 is 22.4 Å². The number of anilines is 2. The number of ether oxygens (including phenoxy) is 1. The second kappa shape index (κ2) is 6.24. The molecule has 1 heterocycles. The van der Waals surface area contributed by atoms with Crippen molar-refractivity contribution in [1.29, 1.82) is 0 Å². The van der Waals surface area contributed by atoms with Gasteiger partial charge in [-0.05, 0) is 42.5 Å². The van der Waals surface area contributed by atoms with Gasteiger partial charge in [-0.1, -0.05) is 18.2 Å². The van der Waals surface area contributed by atoms with Gasteiger partial charge in [-0.25, -0.2) is 4.98 Å². The first-order valence-electron chi connectivity index (χ1n) is 6.91. The average Bonchev–Trinajstić information content (AvgIpc) is 2.54. The maximum Gasteiger partial charge on any atom is 0.131 e. The number of hydrogen-bond acceptors (Lipinski definition) is 4. The number of nitrogens with zero attached hydrogens (tertiary/aromatic N) is 1. The van der Waals surface area contributed by atoms with Crippen LogP contribution in [0, 0.1) is 0 Å². The van der Waals surface area contributed by atoms with Crippen molar-refractivity contribution in [2.24, 2.45) is 5.73 Å². The summed E-state index contributed by atoms with van der Waals surface area (Å²) in [5.41, 5.74) is 7.36. The molecule has 21 heavy (non-hydrogen) atoms. The third-order valence-corrected chi connectivity index (χ3v) is 3.11. The molecule has 4 heteroatoms. The molecule has 0 amide bonds. The van der Waals surface area contributed by atoms with Crippen LogP contribution in [-0.2, 0) is 0 Å². The Hall–Kier alpha value is -2.59. The summed E-state index contributed by atoms with van der Waals surface area (Å²) in [6, 6.07) is 19.8. The summed E-state index contributed by atoms with van der Waals surface area (Å²) in [7, 11) is 0. The Morgan fingerprint density at radius 1 is 0.952 bits per heavy atom. The van der Waals surface area contributed by atoms with E-state index in [0.29, 0.717) is 13.2 Å². The minimum absolute atomic E-state index is 0.515. The largest absolute Gasteiger partial charge is 0.492 e. The summed E-state index contributed by atoms with van der Waals surface area (Å²) in [6.45, 7) is 1.04. The van der Waals surface area contributed by atoms with E-state index in [1.165, 1.54) is 0 Å². The zero-order valence-corrected chi connectivity index (χ0v) is 11.6. The van der Waals surface area contributed by atoms with Crippen LogP contribution in [0.3, 0.4) is 0 Å². The molecule has 106 valence electrons. The first-order valence-corrected chi connectivity index (χ1v) is 6.91. The standard InChI is InChI=1S/C17H17N3O/c18-11-12-21-15-8-6-14(7-9-15)19-17-10-5-13-3-1-2-4-16(13)20-17/h1-10H,11-12,18H2,(H,19,20). The van der Waals surface area contributed by atoms with Crippen LogP contribution in [0.4, 0.5) is 11.5 Å². The van der Waals surface area contributed by atoms with Crippen molar-refractivity contribution in [2.75, 3.05) is 18.5 Å². The summed E-state index contributed by atoms with van der Waals surface area (Å²) in [4.78, 5) is 4.58. The smallest absolute Gasteiger partial charge is 0.131 e. The molecule has 0 fully saturated rings. The lowest BCUT2D eigenvalue weighted by molar-refractivity contribution is 0.328. The molecular weight excluding hydrogens is 262 g/mol. The Bertz CT molecular complexity index is 725. The van der Waals surface area contributed by atoms with E-state index in [-0.39, 0.29) is 0 Å². The predicted molar refractivity (Wildman–Crippen MR) is 86.0 cm³/mol. The Morgan fingerprint density at radius 3 is 2.57 bits per heavy atom. The Labute approximate surface area is 123 Å². The fourth-order valence-corrected chi connectivity index (χ4v) is 2.09. The van der Waals surface area contributed by atoms with Crippen LogP contribution in [0.15, 0.2) is 60.7 Å². The minimum atomic E-state index is 0.515. The zero-order valence-electron chi connectivity index (χ0n) is 11.6. The van der Waals surface area contributed by atoms with E-state index in [2.05, 4.69) is 22.4 Å². The number of hydrogen-bond donors (Lipinski definition) is 2. The first-order chi connectivity index (χ1) is 10.3. The Morgan fingerprint density at radius 2 is 1.76 bits per heavy atom. The van der Waals surface area contributed by atoms with Gasteiger partial charge in [0, 0.05) is 17.6 Å². The summed E-state index contributed by atoms with van der Waals surface area (Å²) < 4.78 is 5.45. The minimum Gasteiger partial charge on any atom is -0.492 e. The molecule has 3 N–H and O–H groups in total. The molecule has 4 nitrogen and oxygen atoms in total. The molecule has 0 aliphatic carbocycles. The molecule has 3 aromatic rings. The molecule has 3 rings (SSSR count). The highest BCUT2D eigenvalue weighted by molar-refractivity contribution is 5.80. The molecular formula is C17H17N3O. The van der Waals surface area contributed by atoms with Gasteiger partial charge in [0.05, 0.1) is 5.52 Å². The third-order valence-electron chi connectivity index (χ3n) is 3.11. The van der Waals surface area contributed by atoms with Gasteiger partial charge < -0.3 is 15.8 Å². The van der Waals surface area contributed by atoms with Crippen molar-refractivity contribution in [3.05, 3.63) is 60.7 Å². The van der Waals surface area contributed by atoms with E-state index in [4.69, 9.17) is 10.5 Å². The van der Waals surface area contributed by atoms with Crippen LogP contribution in [0.1, 0.15) is 0 Å². The fraction of sp³-hybridized carbons (Fsp3) is 0.118. The lowest BCUT2D eigenvalue weighted by atomic mass is 10.2. The topological polar surface area (TPSA) is 60.2 Å². The van der Waals surface area contributed by atoms with Crippen LogP contribution >= 0.6 is 0 Å². The third kappa shape index (κ3) is 3.30. The molecule has 1 aromatic heterocycles. The molecule has 0 unspecified atom stereocenters. The van der Waals surface area contributed by atoms with Crippen LogP contribution in [0.2, 0.25) is 0 Å². The van der Waals surface area contributed by atoms with Gasteiger partial charge in [0.15, 0.2) is 0 Å². The monoisotopic (exact) mass is 279 g/mol. The summed E-state index contributed by atoms with van der Waals surface area (Å²) in [5, 5.41) is 4.42. The van der Waals surface area contributed by atoms with Gasteiger partial charge in [-0.15, -0.1) is 0 Å². The number of aromatic nitrogens is 1. The molecule has 2 aromatic carbocycles. The number of benzene rings is 2. The molecule has 0 spiro atoms. The van der Waals surface area contributed by atoms with E-state index in [0.717, 1.165) is 28.2 Å². The molecule has 0 radical (unpaired) electrons. The molecule has 0 aliphatic heterocycles. The molecule has 0 saturated heterocycles. The summed E-state index contributed by atoms with van der Waals surface area (Å²) >= 11 is 0. The van der Waals surface area contributed by atoms with Gasteiger partial charge in [0.1, 0.15) is 18.2 Å². The van der Waals surface area contributed by atoms with E-state index in [9.17, 15) is 0 Å². The van der Waals surface area contributed by atoms with E-state index in [1.807, 2.05) is 48.5 Å². The van der Waals surface area contributed by atoms with Gasteiger partial charge in [-0.2, -0.15) is 0 Å². The quantitative estimate of drug-likeness (QED) is 0.752. The molecule has 0 saturated carbocycles. The van der Waals surface area contributed by atoms with Crippen LogP contribution < -0.4 is 15.8 Å². The fourth-order valence-electron chi connectivity index (χ4n) is 2.09. The number of pyridine rings is 1. The van der Waals surface area contributed by atoms with Crippen molar-refractivity contribution in [3.63, 3.8) is 0 Å². The lowest BCUT2D eigenvalue weighted by Gasteiger charge is -2.08. The summed E-state index contributed by atoms with van der Waals surface area (Å²) in [6.07, 6.45) is 0. The van der Waals surface area contributed by atoms with Crippen LogP contribution in [0.25, 0.3) is 10.9 Å². The number of para-hydroxylation sites is 1. The van der Waals surface area contributed by atoms with Crippen molar-refractivity contribution in [2.45, 2.75) is 0 Å². The van der Waals surface area contributed by atoms with E-state index < -0.39 is 0 Å². The average molecular weight is 279 g/mol. The number of nitrogens with two attached hydrogens (primary N) is 1. The van der Waals surface area contributed by atoms with E-state index in [1.54, 1.807) is 0 Å². The molecule has 0 atom stereocenters. The highest BCUT2D eigenvalue weighted by Crippen LogP contribution is 2.21. The Balaban J connectivity index is 1.75. The van der Waals surface area contributed by atoms with Crippen LogP contribution in [-0.4, -0.2) is 18.1 Å². The SMILES string of the molecule is NCCOc1ccc(Nc2ccc3ccccc3n2)cc1. The van der Waals surface area contributed by atoms with Crippen molar-refractivity contribution in [3.8, 4) is 5.75 Å². The second-order valence-electron chi connectivity index (χ2n) is 4.68. The number of rotatable bonds is 5. The lowest BCUT2D eigenvalue weighted by Crippen LogP contribution is -2.10. The van der Waals surface area contributed by atoms with Gasteiger partial charge in [-0.3, -0.25) is 0 Å². The first kappa shape index (κ1) is 13.4. The summed E-state index contributed by atoms with van der Waals surface area (Å²) in [5.74, 6) is 1.64. The highest BCUT2D eigenvalue weighted by Gasteiger charge is 1.99. The predicted octanol–water partition coefficient (Wildman–Crippen LogP) is 3.32. The molecule has 0 aliphatic rings. The van der Waals surface area contributed by atoms with Gasteiger partial charge >= 0.3 is 0 Å². The second-order valence-corrected chi connectivity index (χ2v) is 4.68. The Kier molecular flexibility index (Phi) is 3.98. The van der Waals surface area contributed by atoms with Gasteiger partial charge in [0.25, 0.3) is 0 Å². The van der Waals surface area contributed by atoms with Crippen LogP contribution in [0.5, 0.6) is 5.75 Å². The maximum atomic E-state index is 5.45.